The van der Waals surface area contributed by atoms with Crippen LogP contribution in [-0.4, -0.2) is 10.7 Å². The molecule has 0 amide bonds. The average Bonchev–Trinajstić information content (AvgIpc) is 2.79. The van der Waals surface area contributed by atoms with Crippen LogP contribution >= 0.6 is 0 Å². The Morgan fingerprint density at radius 1 is 0.875 bits per heavy atom. The molecule has 4 saturated carbocycles. The molecule has 0 heterocycles. The SMILES string of the molecule is C#CC1(O)CCC2C3CCC4C(C)(C)CCCC4(C)C3CCC21C. The molecule has 0 bridgehead atoms. The van der Waals surface area contributed by atoms with Crippen LogP contribution in [0.25, 0.3) is 0 Å². The van der Waals surface area contributed by atoms with Crippen molar-refractivity contribution in [2.45, 2.75) is 91.1 Å². The first-order valence-corrected chi connectivity index (χ1v) is 10.4. The molecule has 0 saturated heterocycles. The van der Waals surface area contributed by atoms with E-state index in [1.165, 1.54) is 38.5 Å². The maximum Gasteiger partial charge on any atom is 0.130 e. The molecule has 4 fully saturated rings. The van der Waals surface area contributed by atoms with E-state index in [4.69, 9.17) is 6.42 Å². The molecular weight excluding hydrogens is 292 g/mol. The van der Waals surface area contributed by atoms with E-state index in [9.17, 15) is 5.11 Å². The van der Waals surface area contributed by atoms with Gasteiger partial charge in [-0.2, -0.15) is 0 Å². The van der Waals surface area contributed by atoms with Gasteiger partial charge in [0.2, 0.25) is 0 Å². The predicted octanol–water partition coefficient (Wildman–Crippen LogP) is 5.42. The lowest BCUT2D eigenvalue weighted by molar-refractivity contribution is -0.159. The Bertz CT molecular complexity index is 571. The molecule has 24 heavy (non-hydrogen) atoms. The summed E-state index contributed by atoms with van der Waals surface area (Å²) in [7, 11) is 0. The Balaban J connectivity index is 1.68. The van der Waals surface area contributed by atoms with Crippen molar-refractivity contribution in [2.24, 2.45) is 39.9 Å². The fourth-order valence-corrected chi connectivity index (χ4v) is 8.45. The fraction of sp³-hybridized carbons (Fsp3) is 0.913. The van der Waals surface area contributed by atoms with Gasteiger partial charge in [0, 0.05) is 5.41 Å². The zero-order chi connectivity index (χ0) is 17.4. The third-order valence-electron chi connectivity index (χ3n) is 9.74. The molecule has 0 aromatic heterocycles. The zero-order valence-electron chi connectivity index (χ0n) is 16.2. The Kier molecular flexibility index (Phi) is 3.56. The normalized spacial score (nSPS) is 55.8. The van der Waals surface area contributed by atoms with E-state index >= 15 is 0 Å². The highest BCUT2D eigenvalue weighted by Crippen LogP contribution is 2.70. The average molecular weight is 329 g/mol. The summed E-state index contributed by atoms with van der Waals surface area (Å²) in [6.45, 7) is 9.98. The van der Waals surface area contributed by atoms with Gasteiger partial charge in [-0.25, -0.2) is 0 Å². The van der Waals surface area contributed by atoms with Crippen molar-refractivity contribution in [1.82, 2.24) is 0 Å². The van der Waals surface area contributed by atoms with Crippen LogP contribution < -0.4 is 0 Å². The second kappa shape index (κ2) is 5.03. The third-order valence-corrected chi connectivity index (χ3v) is 9.74. The van der Waals surface area contributed by atoms with Crippen LogP contribution in [0.4, 0.5) is 0 Å². The lowest BCUT2D eigenvalue weighted by atomic mass is 9.41. The Morgan fingerprint density at radius 3 is 2.29 bits per heavy atom. The van der Waals surface area contributed by atoms with Crippen molar-refractivity contribution in [3.8, 4) is 12.3 Å². The summed E-state index contributed by atoms with van der Waals surface area (Å²) in [5, 5.41) is 11.1. The lowest BCUT2D eigenvalue weighted by Crippen LogP contribution is -2.58. The maximum absolute atomic E-state index is 11.1. The minimum Gasteiger partial charge on any atom is -0.377 e. The highest BCUT2D eigenvalue weighted by molar-refractivity contribution is 5.23. The van der Waals surface area contributed by atoms with Crippen LogP contribution in [0.15, 0.2) is 0 Å². The van der Waals surface area contributed by atoms with Crippen molar-refractivity contribution in [2.75, 3.05) is 0 Å². The molecule has 0 aromatic carbocycles. The van der Waals surface area contributed by atoms with Gasteiger partial charge in [-0.15, -0.1) is 6.42 Å². The smallest absolute Gasteiger partial charge is 0.130 e. The number of hydrogen-bond donors (Lipinski definition) is 1. The van der Waals surface area contributed by atoms with Crippen molar-refractivity contribution in [3.05, 3.63) is 0 Å². The minimum atomic E-state index is -0.855. The van der Waals surface area contributed by atoms with Crippen LogP contribution in [0.3, 0.4) is 0 Å². The molecule has 0 radical (unpaired) electrons. The minimum absolute atomic E-state index is 0.0453. The predicted molar refractivity (Wildman–Crippen MR) is 99.3 cm³/mol. The van der Waals surface area contributed by atoms with Gasteiger partial charge in [0.15, 0.2) is 0 Å². The van der Waals surface area contributed by atoms with Crippen LogP contribution in [0.1, 0.15) is 85.5 Å². The van der Waals surface area contributed by atoms with Gasteiger partial charge in [-0.3, -0.25) is 0 Å². The van der Waals surface area contributed by atoms with Crippen LogP contribution in [-0.2, 0) is 0 Å². The molecule has 1 heteroatoms. The first-order valence-electron chi connectivity index (χ1n) is 10.4. The monoisotopic (exact) mass is 328 g/mol. The third kappa shape index (κ3) is 1.93. The molecule has 1 nitrogen and oxygen atoms in total. The number of rotatable bonds is 0. The number of terminal acetylenes is 1. The van der Waals surface area contributed by atoms with Gasteiger partial charge in [-0.05, 0) is 85.9 Å². The number of fused-ring (bicyclic) bond motifs is 5. The van der Waals surface area contributed by atoms with Crippen LogP contribution in [0.5, 0.6) is 0 Å². The second-order valence-electron chi connectivity index (χ2n) is 10.9. The molecule has 4 aliphatic rings. The van der Waals surface area contributed by atoms with E-state index < -0.39 is 5.60 Å². The Morgan fingerprint density at radius 2 is 1.58 bits per heavy atom. The molecule has 0 aliphatic heterocycles. The highest BCUT2D eigenvalue weighted by Gasteiger charge is 2.65. The van der Waals surface area contributed by atoms with E-state index in [-0.39, 0.29) is 5.41 Å². The molecular formula is C23H36O. The van der Waals surface area contributed by atoms with Gasteiger partial charge in [0.05, 0.1) is 0 Å². The Labute approximate surface area is 149 Å². The summed E-state index contributed by atoms with van der Waals surface area (Å²) >= 11 is 0. The van der Waals surface area contributed by atoms with Gasteiger partial charge >= 0.3 is 0 Å². The molecule has 4 rings (SSSR count). The highest BCUT2D eigenvalue weighted by atomic mass is 16.3. The summed E-state index contributed by atoms with van der Waals surface area (Å²) in [4.78, 5) is 0. The molecule has 4 aliphatic carbocycles. The lowest BCUT2D eigenvalue weighted by Gasteiger charge is -2.64. The fourth-order valence-electron chi connectivity index (χ4n) is 8.45. The van der Waals surface area contributed by atoms with Crippen LogP contribution in [0, 0.1) is 52.3 Å². The summed E-state index contributed by atoms with van der Waals surface area (Å²) in [6.07, 6.45) is 17.2. The van der Waals surface area contributed by atoms with E-state index in [1.54, 1.807) is 0 Å². The first kappa shape index (κ1) is 17.0. The van der Waals surface area contributed by atoms with Gasteiger partial charge in [0.1, 0.15) is 5.60 Å². The molecule has 7 unspecified atom stereocenters. The van der Waals surface area contributed by atoms with E-state index in [0.29, 0.717) is 16.7 Å². The zero-order valence-corrected chi connectivity index (χ0v) is 16.2. The van der Waals surface area contributed by atoms with Crippen molar-refractivity contribution in [3.63, 3.8) is 0 Å². The first-order chi connectivity index (χ1) is 11.2. The molecule has 7 atom stereocenters. The van der Waals surface area contributed by atoms with E-state index in [1.807, 2.05) is 0 Å². The summed E-state index contributed by atoms with van der Waals surface area (Å²) in [6, 6.07) is 0. The van der Waals surface area contributed by atoms with Crippen LogP contribution in [0.2, 0.25) is 0 Å². The van der Waals surface area contributed by atoms with Crippen molar-refractivity contribution < 1.29 is 5.11 Å². The second-order valence-corrected chi connectivity index (χ2v) is 10.9. The van der Waals surface area contributed by atoms with Gasteiger partial charge in [-0.1, -0.05) is 40.0 Å². The van der Waals surface area contributed by atoms with E-state index in [2.05, 4.69) is 33.6 Å². The summed E-state index contributed by atoms with van der Waals surface area (Å²) in [5.41, 5.74) is 0.124. The standard InChI is InChI=1S/C23H36O/c1-6-23(24)15-11-18-16-8-9-19-20(2,3)12-7-13-21(19,4)17(16)10-14-22(18,23)5/h1,16-19,24H,7-15H2,2-5H3. The number of hydrogen-bond acceptors (Lipinski definition) is 1. The number of aliphatic hydroxyl groups is 1. The summed E-state index contributed by atoms with van der Waals surface area (Å²) in [5.74, 6) is 5.98. The topological polar surface area (TPSA) is 20.2 Å². The molecule has 134 valence electrons. The largest absolute Gasteiger partial charge is 0.377 e. The molecule has 1 N–H and O–H groups in total. The van der Waals surface area contributed by atoms with Crippen molar-refractivity contribution in [1.29, 1.82) is 0 Å². The maximum atomic E-state index is 11.1. The van der Waals surface area contributed by atoms with Gasteiger partial charge < -0.3 is 5.11 Å². The molecule has 0 spiro atoms. The quantitative estimate of drug-likeness (QED) is 0.589. The Hall–Kier alpha value is -0.480. The molecule has 0 aromatic rings. The summed E-state index contributed by atoms with van der Waals surface area (Å²) < 4.78 is 0. The van der Waals surface area contributed by atoms with Crippen molar-refractivity contribution >= 4 is 0 Å². The van der Waals surface area contributed by atoms with Gasteiger partial charge in [0.25, 0.3) is 0 Å². The van der Waals surface area contributed by atoms with E-state index in [0.717, 1.165) is 37.0 Å².